The standard InChI is InChI=1S/C36H30F6/c37-34(38)19-7-13-22-10-1-4-16-25(22)28-29-26-17-5-2-11-23(26)14-8-20-35(39,40)32(29)33-30(31(28)34)27-18-6-3-12-24(27)15-9-21-36(33,41)42/h1-6,10-12,16-18H,7-9,13-15,19-21H2. The summed E-state index contributed by atoms with van der Waals surface area (Å²) in [5, 5.41) is 0. The van der Waals surface area contributed by atoms with Gasteiger partial charge in [-0.05, 0) is 77.5 Å². The molecule has 0 bridgehead atoms. The highest BCUT2D eigenvalue weighted by atomic mass is 19.3. The molecular formula is C36H30F6. The molecule has 6 heteroatoms. The summed E-state index contributed by atoms with van der Waals surface area (Å²) in [5.41, 5.74) is 0.223. The van der Waals surface area contributed by atoms with Crippen LogP contribution in [0.25, 0.3) is 33.4 Å². The lowest BCUT2D eigenvalue weighted by atomic mass is 9.69. The van der Waals surface area contributed by atoms with Crippen LogP contribution in [0.2, 0.25) is 0 Å². The zero-order valence-electron chi connectivity index (χ0n) is 23.1. The molecule has 0 aliphatic heterocycles. The Morgan fingerprint density at radius 2 is 0.690 bits per heavy atom. The van der Waals surface area contributed by atoms with Crippen LogP contribution in [0.5, 0.6) is 0 Å². The average molecular weight is 577 g/mol. The van der Waals surface area contributed by atoms with Gasteiger partial charge in [0, 0.05) is 47.1 Å². The lowest BCUT2D eigenvalue weighted by Gasteiger charge is -2.39. The molecule has 7 rings (SSSR count). The Kier molecular flexibility index (Phi) is 6.34. The van der Waals surface area contributed by atoms with E-state index in [1.807, 2.05) is 12.1 Å². The zero-order valence-corrected chi connectivity index (χ0v) is 23.1. The van der Waals surface area contributed by atoms with Gasteiger partial charge in [0.2, 0.25) is 0 Å². The first-order chi connectivity index (χ1) is 20.1. The molecule has 3 aliphatic rings. The van der Waals surface area contributed by atoms with Gasteiger partial charge in [-0.25, -0.2) is 26.3 Å². The van der Waals surface area contributed by atoms with Gasteiger partial charge in [0.1, 0.15) is 0 Å². The minimum atomic E-state index is -3.74. The van der Waals surface area contributed by atoms with Gasteiger partial charge in [-0.1, -0.05) is 72.8 Å². The minimum Gasteiger partial charge on any atom is -0.201 e. The van der Waals surface area contributed by atoms with Crippen LogP contribution in [0.1, 0.15) is 71.9 Å². The number of hydrogen-bond donors (Lipinski definition) is 0. The molecular weight excluding hydrogens is 546 g/mol. The summed E-state index contributed by atoms with van der Waals surface area (Å²) in [4.78, 5) is 0. The maximum atomic E-state index is 16.8. The van der Waals surface area contributed by atoms with Crippen molar-refractivity contribution in [3.05, 3.63) is 106 Å². The van der Waals surface area contributed by atoms with E-state index >= 15 is 26.3 Å². The van der Waals surface area contributed by atoms with Crippen molar-refractivity contribution < 1.29 is 26.3 Å². The quantitative estimate of drug-likeness (QED) is 0.183. The monoisotopic (exact) mass is 576 g/mol. The smallest absolute Gasteiger partial charge is 0.201 e. The highest BCUT2D eigenvalue weighted by Crippen LogP contribution is 2.61. The summed E-state index contributed by atoms with van der Waals surface area (Å²) in [6, 6.07) is 20.6. The van der Waals surface area contributed by atoms with Gasteiger partial charge in [0.15, 0.2) is 0 Å². The van der Waals surface area contributed by atoms with Gasteiger partial charge >= 0.3 is 0 Å². The van der Waals surface area contributed by atoms with Crippen molar-refractivity contribution in [1.82, 2.24) is 0 Å². The van der Waals surface area contributed by atoms with Crippen molar-refractivity contribution >= 4 is 0 Å². The minimum absolute atomic E-state index is 0.0238. The number of aryl methyl sites for hydroxylation is 3. The molecule has 0 saturated heterocycles. The second kappa shape index (κ2) is 9.75. The summed E-state index contributed by atoms with van der Waals surface area (Å²) in [6.45, 7) is 0. The number of alkyl halides is 6. The van der Waals surface area contributed by atoms with E-state index in [1.54, 1.807) is 60.7 Å². The fraction of sp³-hybridized carbons (Fsp3) is 0.333. The Morgan fingerprint density at radius 3 is 1.12 bits per heavy atom. The van der Waals surface area contributed by atoms with Crippen molar-refractivity contribution in [2.75, 3.05) is 0 Å². The molecule has 3 aliphatic carbocycles. The normalized spacial score (nSPS) is 19.9. The summed E-state index contributed by atoms with van der Waals surface area (Å²) in [5.74, 6) is -10.9. The topological polar surface area (TPSA) is 0 Å². The van der Waals surface area contributed by atoms with Crippen LogP contribution in [0.15, 0.2) is 72.8 Å². The van der Waals surface area contributed by atoms with Crippen molar-refractivity contribution in [3.8, 4) is 33.4 Å². The van der Waals surface area contributed by atoms with E-state index in [1.165, 1.54) is 0 Å². The number of fused-ring (bicyclic) bond motifs is 12. The van der Waals surface area contributed by atoms with Gasteiger partial charge in [-0.3, -0.25) is 0 Å². The van der Waals surface area contributed by atoms with Crippen LogP contribution >= 0.6 is 0 Å². The molecule has 0 radical (unpaired) electrons. The van der Waals surface area contributed by atoms with Crippen LogP contribution in [0.4, 0.5) is 26.3 Å². The molecule has 0 amide bonds. The van der Waals surface area contributed by atoms with Crippen molar-refractivity contribution in [1.29, 1.82) is 0 Å². The van der Waals surface area contributed by atoms with Gasteiger partial charge in [-0.15, -0.1) is 0 Å². The molecule has 0 atom stereocenters. The molecule has 4 aromatic carbocycles. The van der Waals surface area contributed by atoms with Crippen LogP contribution in [-0.2, 0) is 37.0 Å². The predicted molar refractivity (Wildman–Crippen MR) is 153 cm³/mol. The Morgan fingerprint density at radius 1 is 0.381 bits per heavy atom. The summed E-state index contributed by atoms with van der Waals surface area (Å²) >= 11 is 0. The molecule has 0 nitrogen and oxygen atoms in total. The first-order valence-corrected chi connectivity index (χ1v) is 14.7. The molecule has 0 heterocycles. The highest BCUT2D eigenvalue weighted by molar-refractivity contribution is 5.98. The van der Waals surface area contributed by atoms with E-state index in [4.69, 9.17) is 0 Å². The summed E-state index contributed by atoms with van der Waals surface area (Å²) < 4.78 is 100. The SMILES string of the molecule is FC1(F)CCCc2ccccc2-c2c3c(c4c(c21)-c1ccccc1CCCC4(F)F)C(F)(F)CCCc1ccccc1-3. The molecule has 0 spiro atoms. The second-order valence-electron chi connectivity index (χ2n) is 11.9. The Hall–Kier alpha value is -3.54. The zero-order chi connectivity index (χ0) is 29.3. The molecule has 42 heavy (non-hydrogen) atoms. The molecule has 0 fully saturated rings. The van der Waals surface area contributed by atoms with Crippen LogP contribution in [0, 0.1) is 0 Å². The number of hydrogen-bond acceptors (Lipinski definition) is 0. The van der Waals surface area contributed by atoms with E-state index in [9.17, 15) is 0 Å². The molecule has 0 saturated carbocycles. The van der Waals surface area contributed by atoms with Crippen LogP contribution < -0.4 is 0 Å². The van der Waals surface area contributed by atoms with E-state index < -0.39 is 59.3 Å². The first-order valence-electron chi connectivity index (χ1n) is 14.7. The van der Waals surface area contributed by atoms with Gasteiger partial charge in [0.05, 0.1) is 0 Å². The van der Waals surface area contributed by atoms with Crippen LogP contribution in [-0.4, -0.2) is 0 Å². The van der Waals surface area contributed by atoms with Crippen molar-refractivity contribution in [2.24, 2.45) is 0 Å². The third-order valence-corrected chi connectivity index (χ3v) is 9.27. The molecule has 0 aromatic heterocycles. The Bertz CT molecular complexity index is 1700. The van der Waals surface area contributed by atoms with Crippen LogP contribution in [0.3, 0.4) is 0 Å². The molecule has 4 aromatic rings. The van der Waals surface area contributed by atoms with Gasteiger partial charge in [0.25, 0.3) is 17.8 Å². The lowest BCUT2D eigenvalue weighted by Crippen LogP contribution is -2.31. The lowest BCUT2D eigenvalue weighted by molar-refractivity contribution is -0.0427. The third-order valence-electron chi connectivity index (χ3n) is 9.27. The van der Waals surface area contributed by atoms with E-state index in [2.05, 4.69) is 0 Å². The second-order valence-corrected chi connectivity index (χ2v) is 11.9. The summed E-state index contributed by atoms with van der Waals surface area (Å²) in [7, 11) is 0. The molecule has 0 N–H and O–H groups in total. The third kappa shape index (κ3) is 4.20. The Balaban J connectivity index is 1.83. The van der Waals surface area contributed by atoms with E-state index in [-0.39, 0.29) is 42.4 Å². The Labute approximate surface area is 241 Å². The van der Waals surface area contributed by atoms with E-state index in [0.717, 1.165) is 5.56 Å². The van der Waals surface area contributed by atoms with Gasteiger partial charge in [-0.2, -0.15) is 0 Å². The maximum Gasteiger partial charge on any atom is 0.274 e. The largest absolute Gasteiger partial charge is 0.274 e. The maximum absolute atomic E-state index is 16.8. The summed E-state index contributed by atoms with van der Waals surface area (Å²) in [6.07, 6.45) is -0.740. The van der Waals surface area contributed by atoms with Crippen molar-refractivity contribution in [3.63, 3.8) is 0 Å². The van der Waals surface area contributed by atoms with Gasteiger partial charge < -0.3 is 0 Å². The molecule has 0 unspecified atom stereocenters. The first kappa shape index (κ1) is 27.3. The predicted octanol–water partition coefficient (Wildman–Crippen LogP) is 11.0. The van der Waals surface area contributed by atoms with Crippen molar-refractivity contribution in [2.45, 2.75) is 75.6 Å². The number of benzene rings is 4. The van der Waals surface area contributed by atoms with E-state index in [0.29, 0.717) is 35.1 Å². The number of halogens is 6. The fourth-order valence-corrected chi connectivity index (χ4v) is 7.48. The fourth-order valence-electron chi connectivity index (χ4n) is 7.48. The molecule has 216 valence electrons. The highest BCUT2D eigenvalue weighted by Gasteiger charge is 2.52. The number of rotatable bonds is 0. The average Bonchev–Trinajstić information content (AvgIpc) is 2.94.